The zero-order valence-electron chi connectivity index (χ0n) is 23.2. The van der Waals surface area contributed by atoms with Crippen molar-refractivity contribution in [2.24, 2.45) is 28.4 Å². The van der Waals surface area contributed by atoms with Gasteiger partial charge in [-0.1, -0.05) is 31.5 Å². The predicted octanol–water partition coefficient (Wildman–Crippen LogP) is 6.48. The average Bonchev–Trinajstić information content (AvgIpc) is 3.30. The van der Waals surface area contributed by atoms with E-state index < -0.39 is 52.6 Å². The third-order valence-corrected chi connectivity index (χ3v) is 10.4. The van der Waals surface area contributed by atoms with Crippen molar-refractivity contribution in [2.45, 2.75) is 83.6 Å². The van der Waals surface area contributed by atoms with Crippen LogP contribution in [0.25, 0.3) is 0 Å². The monoisotopic (exact) mass is 598 g/mol. The predicted molar refractivity (Wildman–Crippen MR) is 144 cm³/mol. The Morgan fingerprint density at radius 2 is 1.80 bits per heavy atom. The number of carbonyl (C=O) groups is 2. The van der Waals surface area contributed by atoms with Crippen molar-refractivity contribution in [2.75, 3.05) is 6.54 Å². The fourth-order valence-electron chi connectivity index (χ4n) is 7.23. The maximum atomic E-state index is 14.7. The number of carboxylic acids is 1. The number of fused-ring (bicyclic) bond motifs is 1. The molecule has 224 valence electrons. The van der Waals surface area contributed by atoms with Gasteiger partial charge in [0.25, 0.3) is 5.91 Å². The van der Waals surface area contributed by atoms with Crippen molar-refractivity contribution >= 4 is 23.5 Å². The van der Waals surface area contributed by atoms with E-state index in [-0.39, 0.29) is 54.3 Å². The van der Waals surface area contributed by atoms with E-state index in [1.54, 1.807) is 6.92 Å². The molecule has 4 atom stereocenters. The quantitative estimate of drug-likeness (QED) is 0.355. The summed E-state index contributed by atoms with van der Waals surface area (Å²) in [4.78, 5) is 27.0. The van der Waals surface area contributed by atoms with Crippen LogP contribution in [0.5, 0.6) is 0 Å². The third-order valence-electron chi connectivity index (χ3n) is 10.0. The second-order valence-corrected chi connectivity index (χ2v) is 13.2. The minimum absolute atomic E-state index is 0.00544. The van der Waals surface area contributed by atoms with E-state index >= 15 is 0 Å². The average molecular weight is 599 g/mol. The Morgan fingerprint density at radius 1 is 1.20 bits per heavy atom. The Kier molecular flexibility index (Phi) is 7.46. The second-order valence-electron chi connectivity index (χ2n) is 12.8. The molecule has 0 radical (unpaired) electrons. The van der Waals surface area contributed by atoms with E-state index in [1.165, 1.54) is 23.1 Å². The highest BCUT2D eigenvalue weighted by Gasteiger charge is 2.63. The van der Waals surface area contributed by atoms with Gasteiger partial charge in [0, 0.05) is 23.2 Å². The molecule has 7 nitrogen and oxygen atoms in total. The smallest absolute Gasteiger partial charge is 0.433 e. The maximum Gasteiger partial charge on any atom is 0.433 e. The molecule has 3 aliphatic rings. The number of alkyl halides is 3. The number of rotatable bonds is 7. The molecule has 3 N–H and O–H groups in total. The molecular weight excluding hydrogens is 564 g/mol. The van der Waals surface area contributed by atoms with Crippen LogP contribution in [0.1, 0.15) is 93.0 Å². The summed E-state index contributed by atoms with van der Waals surface area (Å²) in [7, 11) is 0. The summed E-state index contributed by atoms with van der Waals surface area (Å²) in [6.45, 7) is 5.65. The zero-order valence-corrected chi connectivity index (χ0v) is 24.0. The van der Waals surface area contributed by atoms with Crippen molar-refractivity contribution in [3.05, 3.63) is 52.1 Å². The third kappa shape index (κ3) is 5.24. The lowest BCUT2D eigenvalue weighted by Crippen LogP contribution is -2.45. The first-order valence-electron chi connectivity index (χ1n) is 13.9. The molecule has 1 amide bonds. The van der Waals surface area contributed by atoms with Gasteiger partial charge in [0.15, 0.2) is 5.69 Å². The molecular formula is C29H35ClF4N4O3. The number of nitrogens with two attached hydrogens (primary N) is 1. The number of amides is 1. The number of carboxylic acid groups (broad SMARTS) is 1. The first-order valence-corrected chi connectivity index (χ1v) is 14.3. The summed E-state index contributed by atoms with van der Waals surface area (Å²) in [6, 6.07) is 1.98. The Labute approximate surface area is 241 Å². The van der Waals surface area contributed by atoms with Crippen molar-refractivity contribution in [1.29, 1.82) is 0 Å². The molecule has 1 heterocycles. The molecule has 3 saturated carbocycles. The minimum Gasteiger partial charge on any atom is -0.481 e. The van der Waals surface area contributed by atoms with E-state index in [9.17, 15) is 32.3 Å². The van der Waals surface area contributed by atoms with Crippen LogP contribution in [0, 0.1) is 28.5 Å². The highest BCUT2D eigenvalue weighted by atomic mass is 35.5. The largest absolute Gasteiger partial charge is 0.481 e. The van der Waals surface area contributed by atoms with Gasteiger partial charge in [-0.25, -0.2) is 4.39 Å². The summed E-state index contributed by atoms with van der Waals surface area (Å²) in [5, 5.41) is 13.6. The summed E-state index contributed by atoms with van der Waals surface area (Å²) in [6.07, 6.45) is -1.95. The van der Waals surface area contributed by atoms with Gasteiger partial charge in [-0.3, -0.25) is 14.3 Å². The fourth-order valence-corrected chi connectivity index (χ4v) is 7.53. The Hall–Kier alpha value is -2.66. The molecule has 2 unspecified atom stereocenters. The molecule has 0 spiro atoms. The first-order chi connectivity index (χ1) is 19.1. The molecule has 41 heavy (non-hydrogen) atoms. The molecule has 1 aromatic carbocycles. The van der Waals surface area contributed by atoms with Crippen LogP contribution in [0.2, 0.25) is 5.02 Å². The van der Waals surface area contributed by atoms with Gasteiger partial charge in [-0.15, -0.1) is 0 Å². The van der Waals surface area contributed by atoms with Crippen molar-refractivity contribution in [1.82, 2.24) is 14.7 Å². The lowest BCUT2D eigenvalue weighted by atomic mass is 9.74. The zero-order chi connectivity index (χ0) is 30.1. The summed E-state index contributed by atoms with van der Waals surface area (Å²) >= 11 is 6.22. The molecule has 0 saturated heterocycles. The van der Waals surface area contributed by atoms with Crippen LogP contribution in [0.15, 0.2) is 24.4 Å². The number of nitrogens with zero attached hydrogens (tertiary/aromatic N) is 3. The molecule has 1 aromatic heterocycles. The van der Waals surface area contributed by atoms with Gasteiger partial charge >= 0.3 is 12.1 Å². The number of benzene rings is 1. The van der Waals surface area contributed by atoms with E-state index in [0.717, 1.165) is 10.9 Å². The van der Waals surface area contributed by atoms with Crippen molar-refractivity contribution in [3.63, 3.8) is 0 Å². The molecule has 0 bridgehead atoms. The molecule has 12 heteroatoms. The van der Waals surface area contributed by atoms with E-state index in [0.29, 0.717) is 24.7 Å². The molecule has 3 aliphatic carbocycles. The number of hydrogen-bond donors (Lipinski definition) is 2. The number of carbonyl (C=O) groups excluding carboxylic acids is 1. The summed E-state index contributed by atoms with van der Waals surface area (Å²) < 4.78 is 59.2. The van der Waals surface area contributed by atoms with Gasteiger partial charge in [0.2, 0.25) is 0 Å². The van der Waals surface area contributed by atoms with Crippen LogP contribution < -0.4 is 5.73 Å². The fraction of sp³-hybridized carbons (Fsp3) is 0.621. The van der Waals surface area contributed by atoms with Gasteiger partial charge in [-0.2, -0.15) is 18.3 Å². The number of hydrogen-bond acceptors (Lipinski definition) is 4. The van der Waals surface area contributed by atoms with E-state index in [4.69, 9.17) is 17.3 Å². The van der Waals surface area contributed by atoms with Gasteiger partial charge < -0.3 is 15.7 Å². The van der Waals surface area contributed by atoms with Crippen molar-refractivity contribution < 1.29 is 32.3 Å². The van der Waals surface area contributed by atoms with Crippen molar-refractivity contribution in [3.8, 4) is 0 Å². The Morgan fingerprint density at radius 3 is 2.34 bits per heavy atom. The van der Waals surface area contributed by atoms with Gasteiger partial charge in [0.1, 0.15) is 5.82 Å². The van der Waals surface area contributed by atoms with Crippen LogP contribution >= 0.6 is 11.6 Å². The Bertz CT molecular complexity index is 1320. The van der Waals surface area contributed by atoms with E-state index in [1.807, 2.05) is 0 Å². The number of aromatic nitrogens is 2. The lowest BCUT2D eigenvalue weighted by Gasteiger charge is -2.35. The van der Waals surface area contributed by atoms with E-state index in [2.05, 4.69) is 18.9 Å². The highest BCUT2D eigenvalue weighted by molar-refractivity contribution is 6.31. The first kappa shape index (κ1) is 29.8. The van der Waals surface area contributed by atoms with Gasteiger partial charge in [0.05, 0.1) is 29.3 Å². The molecule has 3 fully saturated rings. The van der Waals surface area contributed by atoms with Crippen LogP contribution in [-0.4, -0.2) is 44.3 Å². The van der Waals surface area contributed by atoms with Crippen LogP contribution in [0.4, 0.5) is 17.6 Å². The lowest BCUT2D eigenvalue weighted by molar-refractivity contribution is -0.152. The maximum absolute atomic E-state index is 14.7. The molecule has 2 aromatic rings. The second kappa shape index (κ2) is 10.3. The summed E-state index contributed by atoms with van der Waals surface area (Å²) in [5.41, 5.74) is 3.72. The summed E-state index contributed by atoms with van der Waals surface area (Å²) in [5.74, 6) is -1.81. The normalized spacial score (nSPS) is 29.6. The number of aliphatic carboxylic acids is 1. The SMILES string of the molecule is CC1(C(=O)O)CCC(n2ncc(C(=O)N(CC(N)c3c(F)cccc3Cl)C3C[C@@H]4[C@H](C3)C4(C)C)c2C(F)(F)F)CC1. The molecule has 5 rings (SSSR count). The Balaban J connectivity index is 1.47. The minimum atomic E-state index is -4.89. The topological polar surface area (TPSA) is 101 Å². The standard InChI is InChI=1S/C29H35ClF4N4O3/c1-27(2)18-11-16(12-19(18)27)37(14-22(35)23-20(30)5-4-6-21(23)31)25(39)17-13-36-38(24(17)29(32,33)34)15-7-9-28(3,10-8-15)26(40)41/h4-6,13,15-16,18-19,22H,7-12,14,35H2,1-3H3,(H,40,41)/t15?,16?,18-,19+,22?,28?. The van der Waals surface area contributed by atoms with Gasteiger partial charge in [-0.05, 0) is 74.8 Å². The highest BCUT2D eigenvalue weighted by Crippen LogP contribution is 2.67. The number of halogens is 5. The molecule has 0 aliphatic heterocycles. The van der Waals surface area contributed by atoms with Crippen LogP contribution in [-0.2, 0) is 11.0 Å². The van der Waals surface area contributed by atoms with Crippen LogP contribution in [0.3, 0.4) is 0 Å².